The van der Waals surface area contributed by atoms with Crippen molar-refractivity contribution in [3.8, 4) is 0 Å². The van der Waals surface area contributed by atoms with Gasteiger partial charge < -0.3 is 10.6 Å². The second kappa shape index (κ2) is 6.40. The molecule has 7 heteroatoms. The second-order valence-electron chi connectivity index (χ2n) is 4.06. The van der Waals surface area contributed by atoms with Crippen molar-refractivity contribution < 1.29 is 18.0 Å². The molecule has 0 saturated carbocycles. The molecule has 0 bridgehead atoms. The lowest BCUT2D eigenvalue weighted by Gasteiger charge is -2.15. The van der Waals surface area contributed by atoms with Crippen LogP contribution in [0.2, 0.25) is 0 Å². The van der Waals surface area contributed by atoms with Crippen molar-refractivity contribution in [1.82, 2.24) is 10.3 Å². The molecule has 1 rings (SSSR count). The smallest absolute Gasteiger partial charge is 0.359 e. The minimum Gasteiger partial charge on any atom is -0.359 e. The summed E-state index contributed by atoms with van der Waals surface area (Å²) >= 11 is 0. The summed E-state index contributed by atoms with van der Waals surface area (Å²) in [6.07, 6.45) is -3.70. The molecule has 0 fully saturated rings. The Hall–Kier alpha value is -1.79. The molecule has 1 aromatic rings. The van der Waals surface area contributed by atoms with Crippen LogP contribution in [-0.2, 0) is 11.0 Å². The van der Waals surface area contributed by atoms with Crippen molar-refractivity contribution in [1.29, 1.82) is 0 Å². The van der Waals surface area contributed by atoms with Gasteiger partial charge in [-0.3, -0.25) is 4.79 Å². The van der Waals surface area contributed by atoms with Gasteiger partial charge in [-0.1, -0.05) is 13.0 Å². The summed E-state index contributed by atoms with van der Waals surface area (Å²) in [4.78, 5) is 15.0. The Bertz CT molecular complexity index is 434. The largest absolute Gasteiger partial charge is 0.433 e. The van der Waals surface area contributed by atoms with E-state index in [0.717, 1.165) is 12.5 Å². The molecular formula is C12H16F3N3O. The molecule has 1 heterocycles. The van der Waals surface area contributed by atoms with E-state index >= 15 is 0 Å². The number of carbonyl (C=O) groups is 1. The summed E-state index contributed by atoms with van der Waals surface area (Å²) in [6.45, 7) is 4.00. The van der Waals surface area contributed by atoms with E-state index in [-0.39, 0.29) is 11.7 Å². The van der Waals surface area contributed by atoms with Crippen LogP contribution in [-0.4, -0.2) is 23.5 Å². The number of nitrogens with zero attached hydrogens (tertiary/aromatic N) is 1. The van der Waals surface area contributed by atoms with Crippen LogP contribution in [0.3, 0.4) is 0 Å². The average molecular weight is 275 g/mol. The predicted molar refractivity (Wildman–Crippen MR) is 65.6 cm³/mol. The third-order valence-electron chi connectivity index (χ3n) is 2.35. The van der Waals surface area contributed by atoms with E-state index in [0.29, 0.717) is 6.54 Å². The fourth-order valence-corrected chi connectivity index (χ4v) is 1.36. The minimum atomic E-state index is -4.49. The number of alkyl halides is 3. The standard InChI is InChI=1S/C12H16F3N3O/c1-3-7-16-11(19)8(2)17-10-6-4-5-9(18-10)12(13,14)15/h4-6,8H,3,7H2,1-2H3,(H,16,19)(H,17,18). The molecule has 1 aromatic heterocycles. The maximum absolute atomic E-state index is 12.5. The fraction of sp³-hybridized carbons (Fsp3) is 0.500. The highest BCUT2D eigenvalue weighted by Gasteiger charge is 2.32. The van der Waals surface area contributed by atoms with Crippen molar-refractivity contribution in [2.24, 2.45) is 0 Å². The van der Waals surface area contributed by atoms with E-state index in [1.165, 1.54) is 12.1 Å². The van der Waals surface area contributed by atoms with E-state index in [1.807, 2.05) is 6.92 Å². The molecule has 1 atom stereocenters. The van der Waals surface area contributed by atoms with Gasteiger partial charge >= 0.3 is 6.18 Å². The number of hydrogen-bond donors (Lipinski definition) is 2. The lowest BCUT2D eigenvalue weighted by atomic mass is 10.3. The molecule has 0 aliphatic heterocycles. The molecule has 106 valence electrons. The van der Waals surface area contributed by atoms with Crippen LogP contribution in [0.1, 0.15) is 26.0 Å². The van der Waals surface area contributed by atoms with Crippen molar-refractivity contribution in [2.45, 2.75) is 32.5 Å². The van der Waals surface area contributed by atoms with Crippen LogP contribution in [0.25, 0.3) is 0 Å². The van der Waals surface area contributed by atoms with Gasteiger partial charge in [0.05, 0.1) is 0 Å². The molecule has 0 aromatic carbocycles. The van der Waals surface area contributed by atoms with Crippen LogP contribution in [0, 0.1) is 0 Å². The van der Waals surface area contributed by atoms with Gasteiger partial charge in [-0.15, -0.1) is 0 Å². The number of hydrogen-bond acceptors (Lipinski definition) is 3. The Labute approximate surface area is 109 Å². The van der Waals surface area contributed by atoms with Crippen LogP contribution < -0.4 is 10.6 Å². The SMILES string of the molecule is CCCNC(=O)C(C)Nc1cccc(C(F)(F)F)n1. The van der Waals surface area contributed by atoms with Gasteiger partial charge in [0.1, 0.15) is 17.6 Å². The molecule has 0 aliphatic carbocycles. The van der Waals surface area contributed by atoms with Gasteiger partial charge in [0, 0.05) is 6.54 Å². The summed E-state index contributed by atoms with van der Waals surface area (Å²) in [5.74, 6) is -0.255. The lowest BCUT2D eigenvalue weighted by molar-refractivity contribution is -0.141. The van der Waals surface area contributed by atoms with Crippen molar-refractivity contribution in [2.75, 3.05) is 11.9 Å². The number of nitrogens with one attached hydrogen (secondary N) is 2. The molecule has 0 saturated heterocycles. The highest BCUT2D eigenvalue weighted by molar-refractivity contribution is 5.83. The summed E-state index contributed by atoms with van der Waals surface area (Å²) in [6, 6.07) is 2.86. The first-order valence-corrected chi connectivity index (χ1v) is 5.93. The van der Waals surface area contributed by atoms with E-state index in [1.54, 1.807) is 6.92 Å². The highest BCUT2D eigenvalue weighted by atomic mass is 19.4. The Morgan fingerprint density at radius 3 is 2.68 bits per heavy atom. The number of rotatable bonds is 5. The normalized spacial score (nSPS) is 12.9. The minimum absolute atomic E-state index is 0.0222. The van der Waals surface area contributed by atoms with Crippen LogP contribution in [0.4, 0.5) is 19.0 Å². The Morgan fingerprint density at radius 2 is 2.11 bits per heavy atom. The van der Waals surface area contributed by atoms with E-state index in [2.05, 4.69) is 15.6 Å². The number of pyridine rings is 1. The molecule has 0 aliphatic rings. The van der Waals surface area contributed by atoms with Crippen LogP contribution in [0.5, 0.6) is 0 Å². The van der Waals surface area contributed by atoms with Gasteiger partial charge in [-0.25, -0.2) is 4.98 Å². The molecule has 2 N–H and O–H groups in total. The van der Waals surface area contributed by atoms with E-state index in [4.69, 9.17) is 0 Å². The highest BCUT2D eigenvalue weighted by Crippen LogP contribution is 2.28. The number of anilines is 1. The monoisotopic (exact) mass is 275 g/mol. The fourth-order valence-electron chi connectivity index (χ4n) is 1.36. The first-order valence-electron chi connectivity index (χ1n) is 5.93. The lowest BCUT2D eigenvalue weighted by Crippen LogP contribution is -2.38. The maximum atomic E-state index is 12.5. The first kappa shape index (κ1) is 15.3. The molecule has 4 nitrogen and oxygen atoms in total. The molecule has 0 radical (unpaired) electrons. The Kier molecular flexibility index (Phi) is 5.14. The third-order valence-corrected chi connectivity index (χ3v) is 2.35. The zero-order valence-electron chi connectivity index (χ0n) is 10.7. The second-order valence-corrected chi connectivity index (χ2v) is 4.06. The topological polar surface area (TPSA) is 54.0 Å². The van der Waals surface area contributed by atoms with Gasteiger partial charge in [0.25, 0.3) is 0 Å². The number of aromatic nitrogens is 1. The van der Waals surface area contributed by atoms with E-state index in [9.17, 15) is 18.0 Å². The molecule has 19 heavy (non-hydrogen) atoms. The van der Waals surface area contributed by atoms with Gasteiger partial charge in [0.2, 0.25) is 5.91 Å². The summed E-state index contributed by atoms with van der Waals surface area (Å²) in [5.41, 5.74) is -0.987. The van der Waals surface area contributed by atoms with Crippen LogP contribution >= 0.6 is 0 Å². The predicted octanol–water partition coefficient (Wildman–Crippen LogP) is 2.43. The zero-order chi connectivity index (χ0) is 14.5. The summed E-state index contributed by atoms with van der Waals surface area (Å²) in [7, 11) is 0. The number of carbonyl (C=O) groups excluding carboxylic acids is 1. The molecule has 1 amide bonds. The summed E-state index contributed by atoms with van der Waals surface area (Å²) < 4.78 is 37.4. The van der Waals surface area contributed by atoms with Gasteiger partial charge in [-0.05, 0) is 25.5 Å². The molecule has 0 spiro atoms. The van der Waals surface area contributed by atoms with Crippen molar-refractivity contribution in [3.05, 3.63) is 23.9 Å². The Morgan fingerprint density at radius 1 is 1.42 bits per heavy atom. The van der Waals surface area contributed by atoms with Gasteiger partial charge in [0.15, 0.2) is 0 Å². The molecular weight excluding hydrogens is 259 g/mol. The van der Waals surface area contributed by atoms with Gasteiger partial charge in [-0.2, -0.15) is 13.2 Å². The van der Waals surface area contributed by atoms with E-state index < -0.39 is 17.9 Å². The first-order chi connectivity index (χ1) is 8.84. The van der Waals surface area contributed by atoms with Crippen molar-refractivity contribution in [3.63, 3.8) is 0 Å². The number of amides is 1. The average Bonchev–Trinajstić information content (AvgIpc) is 2.35. The third kappa shape index (κ3) is 4.76. The molecule has 1 unspecified atom stereocenters. The zero-order valence-corrected chi connectivity index (χ0v) is 10.7. The van der Waals surface area contributed by atoms with Crippen molar-refractivity contribution >= 4 is 11.7 Å². The van der Waals surface area contributed by atoms with Crippen LogP contribution in [0.15, 0.2) is 18.2 Å². The number of halogens is 3. The Balaban J connectivity index is 2.69. The summed E-state index contributed by atoms with van der Waals surface area (Å²) in [5, 5.41) is 5.29. The maximum Gasteiger partial charge on any atom is 0.433 e. The quantitative estimate of drug-likeness (QED) is 0.867.